The van der Waals surface area contributed by atoms with E-state index >= 15 is 0 Å². The zero-order valence-corrected chi connectivity index (χ0v) is 11.3. The molecule has 104 valence electrons. The predicted molar refractivity (Wildman–Crippen MR) is 73.7 cm³/mol. The van der Waals surface area contributed by atoms with Crippen LogP contribution in [0.1, 0.15) is 25.3 Å². The lowest BCUT2D eigenvalue weighted by Crippen LogP contribution is -2.24. The van der Waals surface area contributed by atoms with Crippen molar-refractivity contribution in [3.8, 4) is 0 Å². The van der Waals surface area contributed by atoms with Crippen molar-refractivity contribution in [1.82, 2.24) is 0 Å². The van der Waals surface area contributed by atoms with Gasteiger partial charge in [-0.3, -0.25) is 9.59 Å². The molecule has 0 aliphatic heterocycles. The number of nitrogens with two attached hydrogens (primary N) is 1. The van der Waals surface area contributed by atoms with Gasteiger partial charge in [0.2, 0.25) is 5.91 Å². The molecule has 1 amide bonds. The van der Waals surface area contributed by atoms with Gasteiger partial charge >= 0.3 is 5.97 Å². The second-order valence-corrected chi connectivity index (χ2v) is 4.46. The minimum Gasteiger partial charge on any atom is -0.469 e. The molecule has 1 aromatic carbocycles. The van der Waals surface area contributed by atoms with Crippen molar-refractivity contribution in [3.05, 3.63) is 29.8 Å². The van der Waals surface area contributed by atoms with Crippen molar-refractivity contribution in [1.29, 1.82) is 0 Å². The summed E-state index contributed by atoms with van der Waals surface area (Å²) in [6, 6.07) is 7.44. The molecule has 1 atom stereocenters. The van der Waals surface area contributed by atoms with Crippen LogP contribution in [0.25, 0.3) is 0 Å². The molecule has 0 spiro atoms. The van der Waals surface area contributed by atoms with E-state index in [1.54, 1.807) is 0 Å². The van der Waals surface area contributed by atoms with E-state index in [0.717, 1.165) is 11.3 Å². The van der Waals surface area contributed by atoms with Crippen molar-refractivity contribution < 1.29 is 14.3 Å². The Balaban J connectivity index is 2.44. The van der Waals surface area contributed by atoms with Crippen LogP contribution in [0, 0.1) is 0 Å². The molecule has 1 rings (SSSR count). The molecule has 5 heteroatoms. The second-order valence-electron chi connectivity index (χ2n) is 4.46. The summed E-state index contributed by atoms with van der Waals surface area (Å²) in [7, 11) is 1.37. The Kier molecular flexibility index (Phi) is 6.02. The maximum atomic E-state index is 11.0. The van der Waals surface area contributed by atoms with Gasteiger partial charge in [-0.15, -0.1) is 0 Å². The van der Waals surface area contributed by atoms with E-state index in [4.69, 9.17) is 5.73 Å². The van der Waals surface area contributed by atoms with Gasteiger partial charge in [-0.2, -0.15) is 0 Å². The first-order chi connectivity index (χ1) is 9.01. The Morgan fingerprint density at radius 1 is 1.32 bits per heavy atom. The maximum absolute atomic E-state index is 11.0. The fourth-order valence-electron chi connectivity index (χ4n) is 1.74. The molecule has 0 radical (unpaired) electrons. The minimum atomic E-state index is -0.239. The van der Waals surface area contributed by atoms with E-state index in [2.05, 4.69) is 10.1 Å². The van der Waals surface area contributed by atoms with Crippen LogP contribution < -0.4 is 11.1 Å². The molecule has 0 aromatic heterocycles. The number of methoxy groups -OCH3 is 1. The summed E-state index contributed by atoms with van der Waals surface area (Å²) in [5.41, 5.74) is 7.79. The number of nitrogens with one attached hydrogen (secondary N) is 1. The van der Waals surface area contributed by atoms with E-state index in [0.29, 0.717) is 19.3 Å². The summed E-state index contributed by atoms with van der Waals surface area (Å²) in [5, 5.41) is 2.70. The molecule has 1 aromatic rings. The largest absolute Gasteiger partial charge is 0.469 e. The molecule has 0 heterocycles. The third-order valence-electron chi connectivity index (χ3n) is 2.72. The number of anilines is 1. The first-order valence-corrected chi connectivity index (χ1v) is 6.20. The van der Waals surface area contributed by atoms with Gasteiger partial charge in [0.15, 0.2) is 0 Å². The average molecular weight is 264 g/mol. The lowest BCUT2D eigenvalue weighted by molar-refractivity contribution is -0.140. The van der Waals surface area contributed by atoms with Crippen LogP contribution in [0.4, 0.5) is 5.69 Å². The standard InChI is InChI=1S/C14H20N2O3/c1-10(17)16-13-6-3-11(4-7-13)9-12(15)5-8-14(18)19-2/h3-4,6-7,12H,5,8-9,15H2,1-2H3,(H,16,17). The van der Waals surface area contributed by atoms with Gasteiger partial charge in [-0.05, 0) is 30.5 Å². The van der Waals surface area contributed by atoms with Crippen LogP contribution in [0.5, 0.6) is 0 Å². The van der Waals surface area contributed by atoms with Crippen LogP contribution in [-0.2, 0) is 20.7 Å². The van der Waals surface area contributed by atoms with Gasteiger partial charge in [0.05, 0.1) is 7.11 Å². The number of rotatable bonds is 6. The van der Waals surface area contributed by atoms with E-state index in [1.807, 2.05) is 24.3 Å². The highest BCUT2D eigenvalue weighted by Crippen LogP contribution is 2.12. The van der Waals surface area contributed by atoms with Crippen molar-refractivity contribution in [2.45, 2.75) is 32.2 Å². The van der Waals surface area contributed by atoms with Gasteiger partial charge < -0.3 is 15.8 Å². The van der Waals surface area contributed by atoms with E-state index in [1.165, 1.54) is 14.0 Å². The van der Waals surface area contributed by atoms with Crippen molar-refractivity contribution >= 4 is 17.6 Å². The molecule has 0 aliphatic carbocycles. The Morgan fingerprint density at radius 2 is 1.95 bits per heavy atom. The number of hydrogen-bond donors (Lipinski definition) is 2. The van der Waals surface area contributed by atoms with Crippen LogP contribution in [0.2, 0.25) is 0 Å². The summed E-state index contributed by atoms with van der Waals surface area (Å²) in [6.45, 7) is 1.47. The molecule has 3 N–H and O–H groups in total. The average Bonchev–Trinajstić information content (AvgIpc) is 2.37. The zero-order chi connectivity index (χ0) is 14.3. The van der Waals surface area contributed by atoms with Crippen molar-refractivity contribution in [2.75, 3.05) is 12.4 Å². The van der Waals surface area contributed by atoms with Gasteiger partial charge in [0.25, 0.3) is 0 Å². The molecular formula is C14H20N2O3. The quantitative estimate of drug-likeness (QED) is 0.762. The molecule has 1 unspecified atom stereocenters. The lowest BCUT2D eigenvalue weighted by Gasteiger charge is -2.11. The number of carbonyl (C=O) groups is 2. The van der Waals surface area contributed by atoms with E-state index in [-0.39, 0.29) is 17.9 Å². The highest BCUT2D eigenvalue weighted by molar-refractivity contribution is 5.88. The van der Waals surface area contributed by atoms with Crippen LogP contribution in [-0.4, -0.2) is 25.0 Å². The molecular weight excluding hydrogens is 244 g/mol. The highest BCUT2D eigenvalue weighted by Gasteiger charge is 2.08. The number of esters is 1. The van der Waals surface area contributed by atoms with E-state index in [9.17, 15) is 9.59 Å². The first kappa shape index (κ1) is 15.2. The summed E-state index contributed by atoms with van der Waals surface area (Å²) in [5.74, 6) is -0.334. The summed E-state index contributed by atoms with van der Waals surface area (Å²) in [4.78, 5) is 21.9. The molecule has 0 bridgehead atoms. The van der Waals surface area contributed by atoms with Crippen molar-refractivity contribution in [3.63, 3.8) is 0 Å². The second kappa shape index (κ2) is 7.53. The molecule has 0 aliphatic rings. The maximum Gasteiger partial charge on any atom is 0.305 e. The van der Waals surface area contributed by atoms with Crippen LogP contribution in [0.3, 0.4) is 0 Å². The Hall–Kier alpha value is -1.88. The third kappa shape index (κ3) is 6.01. The molecule has 19 heavy (non-hydrogen) atoms. The zero-order valence-electron chi connectivity index (χ0n) is 11.3. The van der Waals surface area contributed by atoms with Crippen molar-refractivity contribution in [2.24, 2.45) is 5.73 Å². The Morgan fingerprint density at radius 3 is 2.47 bits per heavy atom. The monoisotopic (exact) mass is 264 g/mol. The van der Waals surface area contributed by atoms with Crippen LogP contribution in [0.15, 0.2) is 24.3 Å². The number of amides is 1. The predicted octanol–water partition coefficient (Wildman–Crippen LogP) is 1.47. The number of benzene rings is 1. The van der Waals surface area contributed by atoms with Gasteiger partial charge in [-0.1, -0.05) is 12.1 Å². The molecule has 0 saturated heterocycles. The first-order valence-electron chi connectivity index (χ1n) is 6.20. The minimum absolute atomic E-state index is 0.0780. The normalized spacial score (nSPS) is 11.7. The van der Waals surface area contributed by atoms with E-state index < -0.39 is 0 Å². The van der Waals surface area contributed by atoms with Gasteiger partial charge in [0.1, 0.15) is 0 Å². The number of hydrogen-bond acceptors (Lipinski definition) is 4. The topological polar surface area (TPSA) is 81.4 Å². The number of ether oxygens (including phenoxy) is 1. The summed E-state index contributed by atoms with van der Waals surface area (Å²) >= 11 is 0. The molecule has 0 saturated carbocycles. The fourth-order valence-corrected chi connectivity index (χ4v) is 1.74. The summed E-state index contributed by atoms with van der Waals surface area (Å²) in [6.07, 6.45) is 1.62. The van der Waals surface area contributed by atoms with Crippen LogP contribution >= 0.6 is 0 Å². The fraction of sp³-hybridized carbons (Fsp3) is 0.429. The van der Waals surface area contributed by atoms with Gasteiger partial charge in [0, 0.05) is 25.1 Å². The highest BCUT2D eigenvalue weighted by atomic mass is 16.5. The summed E-state index contributed by atoms with van der Waals surface area (Å²) < 4.78 is 4.57. The smallest absolute Gasteiger partial charge is 0.305 e. The molecule has 5 nitrogen and oxygen atoms in total. The molecule has 0 fully saturated rings. The Bertz CT molecular complexity index is 429. The Labute approximate surface area is 113 Å². The van der Waals surface area contributed by atoms with Gasteiger partial charge in [-0.25, -0.2) is 0 Å². The number of carbonyl (C=O) groups excluding carboxylic acids is 2. The third-order valence-corrected chi connectivity index (χ3v) is 2.72. The SMILES string of the molecule is COC(=O)CCC(N)Cc1ccc(NC(C)=O)cc1. The lowest BCUT2D eigenvalue weighted by atomic mass is 10.0.